The van der Waals surface area contributed by atoms with Crippen molar-refractivity contribution in [3.05, 3.63) is 35.1 Å². The van der Waals surface area contributed by atoms with Crippen molar-refractivity contribution >= 4 is 0 Å². The lowest BCUT2D eigenvalue weighted by molar-refractivity contribution is -0.0102. The topological polar surface area (TPSA) is 24.5 Å². The Labute approximate surface area is 127 Å². The molecular formula is C17H27FN2O. The van der Waals surface area contributed by atoms with Crippen LogP contribution in [0.2, 0.25) is 0 Å². The molecule has 4 heteroatoms. The predicted molar refractivity (Wildman–Crippen MR) is 84.0 cm³/mol. The Morgan fingerprint density at radius 2 is 2.00 bits per heavy atom. The number of halogens is 1. The Balaban J connectivity index is 1.92. The van der Waals surface area contributed by atoms with Crippen molar-refractivity contribution in [3.63, 3.8) is 0 Å². The van der Waals surface area contributed by atoms with Gasteiger partial charge >= 0.3 is 0 Å². The molecule has 1 aromatic rings. The molecule has 1 aliphatic rings. The van der Waals surface area contributed by atoms with Gasteiger partial charge in [0.05, 0.1) is 13.2 Å². The van der Waals surface area contributed by atoms with Crippen LogP contribution in [0.3, 0.4) is 0 Å². The highest BCUT2D eigenvalue weighted by molar-refractivity contribution is 5.25. The highest BCUT2D eigenvalue weighted by atomic mass is 19.1. The van der Waals surface area contributed by atoms with Gasteiger partial charge < -0.3 is 10.1 Å². The summed E-state index contributed by atoms with van der Waals surface area (Å²) in [5, 5.41) is 3.53. The highest BCUT2D eigenvalue weighted by Crippen LogP contribution is 2.19. The lowest BCUT2D eigenvalue weighted by Gasteiger charge is -2.41. The van der Waals surface area contributed by atoms with Crippen LogP contribution in [0.25, 0.3) is 0 Å². The molecular weight excluding hydrogens is 267 g/mol. The molecule has 1 atom stereocenters. The second kappa shape index (κ2) is 6.86. The van der Waals surface area contributed by atoms with E-state index in [0.717, 1.165) is 38.4 Å². The number of hydrogen-bond acceptors (Lipinski definition) is 3. The van der Waals surface area contributed by atoms with Gasteiger partial charge in [-0.15, -0.1) is 0 Å². The summed E-state index contributed by atoms with van der Waals surface area (Å²) >= 11 is 0. The Hall–Kier alpha value is -0.970. The van der Waals surface area contributed by atoms with Gasteiger partial charge in [-0.05, 0) is 44.9 Å². The fraction of sp³-hybridized carbons (Fsp3) is 0.647. The molecule has 0 bridgehead atoms. The maximum Gasteiger partial charge on any atom is 0.126 e. The normalized spacial score (nSPS) is 18.7. The molecule has 3 nitrogen and oxygen atoms in total. The van der Waals surface area contributed by atoms with Gasteiger partial charge in [-0.3, -0.25) is 4.90 Å². The number of nitrogens with one attached hydrogen (secondary N) is 1. The molecule has 1 aromatic carbocycles. The standard InChI is InChI=1S/C17H27FN2O/c1-13-5-6-15(11-16(13)18)14(2)19-12-17(3,4)20-7-9-21-10-8-20/h5-6,11,14,19H,7-10,12H2,1-4H3. The number of ether oxygens (including phenoxy) is 1. The minimum absolute atomic E-state index is 0.0707. The largest absolute Gasteiger partial charge is 0.379 e. The third-order valence-corrected chi connectivity index (χ3v) is 4.40. The van der Waals surface area contributed by atoms with E-state index in [1.54, 1.807) is 13.0 Å². The number of morpholine rings is 1. The first kappa shape index (κ1) is 16.4. The number of rotatable bonds is 5. The van der Waals surface area contributed by atoms with E-state index in [4.69, 9.17) is 4.74 Å². The van der Waals surface area contributed by atoms with Crippen molar-refractivity contribution in [2.75, 3.05) is 32.8 Å². The number of benzene rings is 1. The van der Waals surface area contributed by atoms with E-state index >= 15 is 0 Å². The minimum Gasteiger partial charge on any atom is -0.379 e. The zero-order valence-electron chi connectivity index (χ0n) is 13.6. The quantitative estimate of drug-likeness (QED) is 0.904. The average molecular weight is 294 g/mol. The Kier molecular flexibility index (Phi) is 5.36. The van der Waals surface area contributed by atoms with E-state index in [1.165, 1.54) is 0 Å². The summed E-state index contributed by atoms with van der Waals surface area (Å²) in [6.45, 7) is 12.8. The first-order valence-electron chi connectivity index (χ1n) is 7.72. The third kappa shape index (κ3) is 4.25. The van der Waals surface area contributed by atoms with Crippen molar-refractivity contribution in [2.24, 2.45) is 0 Å². The summed E-state index contributed by atoms with van der Waals surface area (Å²) in [5.74, 6) is -0.131. The van der Waals surface area contributed by atoms with Crippen molar-refractivity contribution in [2.45, 2.75) is 39.3 Å². The monoisotopic (exact) mass is 294 g/mol. The van der Waals surface area contributed by atoms with E-state index in [1.807, 2.05) is 12.1 Å². The van der Waals surface area contributed by atoms with Crippen LogP contribution < -0.4 is 5.32 Å². The highest BCUT2D eigenvalue weighted by Gasteiger charge is 2.28. The van der Waals surface area contributed by atoms with Gasteiger partial charge in [0, 0.05) is 31.2 Å². The molecule has 0 radical (unpaired) electrons. The van der Waals surface area contributed by atoms with Gasteiger partial charge in [-0.25, -0.2) is 4.39 Å². The van der Waals surface area contributed by atoms with Crippen molar-refractivity contribution in [1.29, 1.82) is 0 Å². The minimum atomic E-state index is -0.131. The summed E-state index contributed by atoms with van der Waals surface area (Å²) in [5.41, 5.74) is 1.76. The Morgan fingerprint density at radius 1 is 1.33 bits per heavy atom. The third-order valence-electron chi connectivity index (χ3n) is 4.40. The Bertz CT molecular complexity index is 470. The second-order valence-electron chi connectivity index (χ2n) is 6.52. The molecule has 2 rings (SSSR count). The summed E-state index contributed by atoms with van der Waals surface area (Å²) in [6.07, 6.45) is 0. The van der Waals surface area contributed by atoms with E-state index in [2.05, 4.69) is 31.0 Å². The fourth-order valence-corrected chi connectivity index (χ4v) is 2.68. The smallest absolute Gasteiger partial charge is 0.126 e. The van der Waals surface area contributed by atoms with E-state index < -0.39 is 0 Å². The zero-order valence-corrected chi connectivity index (χ0v) is 13.6. The maximum absolute atomic E-state index is 13.7. The number of aryl methyl sites for hydroxylation is 1. The maximum atomic E-state index is 13.7. The van der Waals surface area contributed by atoms with E-state index in [-0.39, 0.29) is 17.4 Å². The van der Waals surface area contributed by atoms with Crippen LogP contribution in [0.15, 0.2) is 18.2 Å². The summed E-state index contributed by atoms with van der Waals surface area (Å²) in [7, 11) is 0. The molecule has 0 aromatic heterocycles. The second-order valence-corrected chi connectivity index (χ2v) is 6.52. The van der Waals surface area contributed by atoms with Crippen LogP contribution >= 0.6 is 0 Å². The van der Waals surface area contributed by atoms with Crippen LogP contribution in [0, 0.1) is 12.7 Å². The van der Waals surface area contributed by atoms with Gasteiger partial charge in [0.25, 0.3) is 0 Å². The van der Waals surface area contributed by atoms with Gasteiger partial charge in [0.1, 0.15) is 5.82 Å². The number of hydrogen-bond donors (Lipinski definition) is 1. The van der Waals surface area contributed by atoms with Crippen LogP contribution in [0.4, 0.5) is 4.39 Å². The van der Waals surface area contributed by atoms with Crippen molar-refractivity contribution in [1.82, 2.24) is 10.2 Å². The van der Waals surface area contributed by atoms with Crippen LogP contribution in [0.1, 0.15) is 37.9 Å². The van der Waals surface area contributed by atoms with Crippen molar-refractivity contribution in [3.8, 4) is 0 Å². The molecule has 1 saturated heterocycles. The first-order valence-corrected chi connectivity index (χ1v) is 7.72. The zero-order chi connectivity index (χ0) is 15.5. The summed E-state index contributed by atoms with van der Waals surface area (Å²) < 4.78 is 19.1. The molecule has 1 unspecified atom stereocenters. The van der Waals surface area contributed by atoms with Gasteiger partial charge in [-0.1, -0.05) is 12.1 Å². The Morgan fingerprint density at radius 3 is 2.62 bits per heavy atom. The molecule has 0 spiro atoms. The summed E-state index contributed by atoms with van der Waals surface area (Å²) in [4.78, 5) is 2.45. The molecule has 1 aliphatic heterocycles. The fourth-order valence-electron chi connectivity index (χ4n) is 2.68. The van der Waals surface area contributed by atoms with Crippen molar-refractivity contribution < 1.29 is 9.13 Å². The molecule has 0 aliphatic carbocycles. The average Bonchev–Trinajstić information content (AvgIpc) is 2.48. The molecule has 1 heterocycles. The van der Waals surface area contributed by atoms with Crippen LogP contribution in [-0.2, 0) is 4.74 Å². The van der Waals surface area contributed by atoms with Gasteiger partial charge in [0.2, 0.25) is 0 Å². The van der Waals surface area contributed by atoms with E-state index in [9.17, 15) is 4.39 Å². The molecule has 21 heavy (non-hydrogen) atoms. The van der Waals surface area contributed by atoms with Crippen LogP contribution in [-0.4, -0.2) is 43.3 Å². The van der Waals surface area contributed by atoms with Crippen LogP contribution in [0.5, 0.6) is 0 Å². The molecule has 0 saturated carbocycles. The van der Waals surface area contributed by atoms with Gasteiger partial charge in [-0.2, -0.15) is 0 Å². The van der Waals surface area contributed by atoms with E-state index in [0.29, 0.717) is 5.56 Å². The first-order chi connectivity index (χ1) is 9.90. The lowest BCUT2D eigenvalue weighted by atomic mass is 10.00. The molecule has 0 amide bonds. The molecule has 1 N–H and O–H groups in total. The molecule has 118 valence electrons. The number of nitrogens with zero attached hydrogens (tertiary/aromatic N) is 1. The predicted octanol–water partition coefficient (Wildman–Crippen LogP) is 2.90. The lowest BCUT2D eigenvalue weighted by Crippen LogP contribution is -2.54. The SMILES string of the molecule is Cc1ccc(C(C)NCC(C)(C)N2CCOCC2)cc1F. The summed E-state index contributed by atoms with van der Waals surface area (Å²) in [6, 6.07) is 5.61. The molecule has 1 fully saturated rings. The van der Waals surface area contributed by atoms with Gasteiger partial charge in [0.15, 0.2) is 0 Å².